The first kappa shape index (κ1) is 14.4. The molecule has 12 nitrogen and oxygen atoms in total. The minimum absolute atomic E-state index is 0.499. The standard InChI is InChI=1S/C6H5N5O7S/c7-19(17,18)8-9(12)5-2-1-4(10(13)14)3-6(5)11(15)16/h1-3H,(H2,7,17,18). The molecule has 0 aliphatic heterocycles. The van der Waals surface area contributed by atoms with Gasteiger partial charge in [0.1, 0.15) is 10.6 Å². The van der Waals surface area contributed by atoms with Crippen LogP contribution in [0.25, 0.3) is 0 Å². The molecule has 0 fully saturated rings. The van der Waals surface area contributed by atoms with Crippen molar-refractivity contribution >= 4 is 27.3 Å². The molecule has 0 amide bonds. The van der Waals surface area contributed by atoms with Gasteiger partial charge in [0.05, 0.1) is 9.85 Å². The van der Waals surface area contributed by atoms with Gasteiger partial charge in [-0.1, -0.05) is 0 Å². The van der Waals surface area contributed by atoms with Crippen molar-refractivity contribution in [3.05, 3.63) is 43.6 Å². The fourth-order valence-corrected chi connectivity index (χ4v) is 1.38. The molecule has 0 radical (unpaired) electrons. The minimum atomic E-state index is -4.56. The molecule has 0 saturated heterocycles. The van der Waals surface area contributed by atoms with E-state index in [4.69, 9.17) is 0 Å². The molecule has 19 heavy (non-hydrogen) atoms. The van der Waals surface area contributed by atoms with Crippen molar-refractivity contribution in [1.29, 1.82) is 0 Å². The highest BCUT2D eigenvalue weighted by molar-refractivity contribution is 7.87. The normalized spacial score (nSPS) is 12.2. The monoisotopic (exact) mass is 291 g/mol. The van der Waals surface area contributed by atoms with Gasteiger partial charge in [0, 0.05) is 12.1 Å². The Hall–Kier alpha value is -2.67. The van der Waals surface area contributed by atoms with Gasteiger partial charge in [-0.25, -0.2) is 5.14 Å². The van der Waals surface area contributed by atoms with Crippen LogP contribution in [0.4, 0.5) is 17.1 Å². The average molecular weight is 291 g/mol. The van der Waals surface area contributed by atoms with Crippen LogP contribution < -0.4 is 5.14 Å². The van der Waals surface area contributed by atoms with Gasteiger partial charge >= 0.3 is 21.6 Å². The summed E-state index contributed by atoms with van der Waals surface area (Å²) < 4.78 is 23.6. The molecule has 0 atom stereocenters. The topological polar surface area (TPSA) is 185 Å². The van der Waals surface area contributed by atoms with Crippen LogP contribution in [0.1, 0.15) is 0 Å². The van der Waals surface area contributed by atoms with E-state index in [1.807, 2.05) is 0 Å². The molecule has 0 aliphatic rings. The second-order valence-corrected chi connectivity index (χ2v) is 4.25. The van der Waals surface area contributed by atoms with Gasteiger partial charge in [-0.3, -0.25) is 20.2 Å². The Labute approximate surface area is 104 Å². The predicted molar refractivity (Wildman–Crippen MR) is 58.6 cm³/mol. The summed E-state index contributed by atoms with van der Waals surface area (Å²) in [5.41, 5.74) is -2.42. The van der Waals surface area contributed by atoms with Crippen LogP contribution in [0, 0.1) is 25.4 Å². The van der Waals surface area contributed by atoms with Crippen molar-refractivity contribution in [2.24, 2.45) is 9.66 Å². The number of nitro groups is 2. The van der Waals surface area contributed by atoms with Gasteiger partial charge in [-0.2, -0.15) is 8.42 Å². The van der Waals surface area contributed by atoms with Crippen molar-refractivity contribution < 1.29 is 23.1 Å². The first-order valence-electron chi connectivity index (χ1n) is 4.27. The molecule has 1 aromatic rings. The Bertz CT molecular complexity index is 681. The van der Waals surface area contributed by atoms with Gasteiger partial charge in [-0.15, -0.1) is 0 Å². The molecule has 0 aliphatic carbocycles. The number of rotatable bonds is 4. The Morgan fingerprint density at radius 1 is 1.05 bits per heavy atom. The van der Waals surface area contributed by atoms with Crippen LogP contribution in [0.5, 0.6) is 0 Å². The van der Waals surface area contributed by atoms with Crippen LogP contribution in [0.15, 0.2) is 22.7 Å². The lowest BCUT2D eigenvalue weighted by molar-refractivity contribution is -0.451. The predicted octanol–water partition coefficient (Wildman–Crippen LogP) is 0.300. The summed E-state index contributed by atoms with van der Waals surface area (Å²) in [4.78, 5) is 18.5. The third-order valence-electron chi connectivity index (χ3n) is 1.76. The van der Waals surface area contributed by atoms with Gasteiger partial charge in [0.2, 0.25) is 0 Å². The van der Waals surface area contributed by atoms with Gasteiger partial charge in [0.25, 0.3) is 5.69 Å². The van der Waals surface area contributed by atoms with Crippen LogP contribution in [0.3, 0.4) is 0 Å². The van der Waals surface area contributed by atoms with Crippen LogP contribution >= 0.6 is 0 Å². The molecule has 0 aromatic heterocycles. The van der Waals surface area contributed by atoms with Gasteiger partial charge in [-0.05, 0) is 4.86 Å². The zero-order valence-electron chi connectivity index (χ0n) is 8.86. The lowest BCUT2D eigenvalue weighted by atomic mass is 10.2. The number of hydrogen-bond acceptors (Lipinski definition) is 7. The molecule has 1 rings (SSSR count). The summed E-state index contributed by atoms with van der Waals surface area (Å²) in [6.07, 6.45) is 0. The smallest absolute Gasteiger partial charge is 0.371 e. The highest BCUT2D eigenvalue weighted by Gasteiger charge is 2.27. The Morgan fingerprint density at radius 3 is 2.05 bits per heavy atom. The zero-order valence-corrected chi connectivity index (χ0v) is 9.68. The van der Waals surface area contributed by atoms with E-state index in [9.17, 15) is 33.9 Å². The lowest BCUT2D eigenvalue weighted by Crippen LogP contribution is -2.11. The van der Waals surface area contributed by atoms with E-state index in [0.717, 1.165) is 6.07 Å². The fourth-order valence-electron chi connectivity index (χ4n) is 1.08. The highest BCUT2D eigenvalue weighted by Crippen LogP contribution is 2.30. The van der Waals surface area contributed by atoms with Crippen molar-refractivity contribution in [1.82, 2.24) is 0 Å². The van der Waals surface area contributed by atoms with E-state index in [0.29, 0.717) is 12.1 Å². The van der Waals surface area contributed by atoms with Gasteiger partial charge in [0.15, 0.2) is 0 Å². The first-order chi connectivity index (χ1) is 8.61. The van der Waals surface area contributed by atoms with Crippen molar-refractivity contribution in [2.45, 2.75) is 0 Å². The Kier molecular flexibility index (Phi) is 3.72. The van der Waals surface area contributed by atoms with Crippen molar-refractivity contribution in [2.75, 3.05) is 0 Å². The maximum absolute atomic E-state index is 11.3. The van der Waals surface area contributed by atoms with Crippen LogP contribution in [-0.4, -0.2) is 23.1 Å². The number of benzene rings is 1. The average Bonchev–Trinajstić information content (AvgIpc) is 2.25. The molecule has 0 saturated carbocycles. The molecule has 13 heteroatoms. The highest BCUT2D eigenvalue weighted by atomic mass is 32.2. The first-order valence-corrected chi connectivity index (χ1v) is 5.78. The second kappa shape index (κ2) is 4.91. The van der Waals surface area contributed by atoms with Gasteiger partial charge < -0.3 is 5.21 Å². The molecular weight excluding hydrogens is 286 g/mol. The molecule has 0 spiro atoms. The number of nitro benzene ring substituents is 2. The molecule has 0 unspecified atom stereocenters. The summed E-state index contributed by atoms with van der Waals surface area (Å²) in [6, 6.07) is 1.97. The van der Waals surface area contributed by atoms with E-state index in [1.165, 1.54) is 0 Å². The molecular formula is C6H5N5O7S. The number of non-ortho nitro benzene ring substituents is 1. The van der Waals surface area contributed by atoms with Crippen molar-refractivity contribution in [3.63, 3.8) is 0 Å². The van der Waals surface area contributed by atoms with E-state index in [-0.39, 0.29) is 0 Å². The Morgan fingerprint density at radius 2 is 1.63 bits per heavy atom. The summed E-state index contributed by atoms with van der Waals surface area (Å²) in [5.74, 6) is 0. The van der Waals surface area contributed by atoms with E-state index in [1.54, 1.807) is 0 Å². The molecule has 1 aromatic carbocycles. The van der Waals surface area contributed by atoms with Crippen LogP contribution in [0.2, 0.25) is 0 Å². The quantitative estimate of drug-likeness (QED) is 0.357. The number of hydrogen-bond donors (Lipinski definition) is 1. The SMILES string of the molecule is NS(=O)(=O)N=[N+]([O-])c1ccc([N+](=O)[O-])cc1[N+](=O)[O-]. The third-order valence-corrected chi connectivity index (χ3v) is 2.14. The maximum atomic E-state index is 11.3. The van der Waals surface area contributed by atoms with Crippen LogP contribution in [-0.2, 0) is 10.2 Å². The number of nitrogens with two attached hydrogens (primary N) is 1. The summed E-state index contributed by atoms with van der Waals surface area (Å²) in [6.45, 7) is 0. The van der Waals surface area contributed by atoms with Crippen molar-refractivity contribution in [3.8, 4) is 0 Å². The third kappa shape index (κ3) is 3.65. The lowest BCUT2D eigenvalue weighted by Gasteiger charge is -1.99. The largest absolute Gasteiger partial charge is 0.593 e. The van der Waals surface area contributed by atoms with E-state index < -0.39 is 42.0 Å². The molecule has 2 N–H and O–H groups in total. The Balaban J connectivity index is 3.49. The molecule has 0 heterocycles. The molecule has 0 bridgehead atoms. The fraction of sp³-hybridized carbons (Fsp3) is 0. The van der Waals surface area contributed by atoms with E-state index in [2.05, 4.69) is 9.66 Å². The minimum Gasteiger partial charge on any atom is -0.593 e. The summed E-state index contributed by atoms with van der Waals surface area (Å²) in [5, 5.41) is 36.8. The maximum Gasteiger partial charge on any atom is 0.371 e. The summed E-state index contributed by atoms with van der Waals surface area (Å²) in [7, 11) is -4.56. The zero-order chi connectivity index (χ0) is 14.8. The number of nitrogens with zero attached hydrogens (tertiary/aromatic N) is 4. The van der Waals surface area contributed by atoms with E-state index >= 15 is 0 Å². The second-order valence-electron chi connectivity index (χ2n) is 3.06. The molecule has 102 valence electrons. The summed E-state index contributed by atoms with van der Waals surface area (Å²) >= 11 is 0.